The first kappa shape index (κ1) is 27.4. The second-order valence-electron chi connectivity index (χ2n) is 10.5. The molecule has 1 aromatic carbocycles. The quantitative estimate of drug-likeness (QED) is 0.328. The van der Waals surface area contributed by atoms with Crippen molar-refractivity contribution in [2.45, 2.75) is 76.7 Å². The molecule has 3 heterocycles. The van der Waals surface area contributed by atoms with Gasteiger partial charge in [0.15, 0.2) is 20.1 Å². The van der Waals surface area contributed by atoms with Gasteiger partial charge in [-0.15, -0.1) is 4.52 Å². The fourth-order valence-corrected chi connectivity index (χ4v) is 5.81. The zero-order chi connectivity index (χ0) is 27.0. The molecule has 0 bridgehead atoms. The number of benzene rings is 1. The lowest BCUT2D eigenvalue weighted by molar-refractivity contribution is -0.192. The number of fused-ring (bicyclic) bond motifs is 1. The van der Waals surface area contributed by atoms with E-state index in [1.807, 2.05) is 13.0 Å². The van der Waals surface area contributed by atoms with Crippen LogP contribution in [0.15, 0.2) is 42.9 Å². The van der Waals surface area contributed by atoms with E-state index in [9.17, 15) is 14.3 Å². The van der Waals surface area contributed by atoms with Crippen LogP contribution in [0.4, 0.5) is 5.95 Å². The van der Waals surface area contributed by atoms with Gasteiger partial charge in [-0.3, -0.25) is 10.1 Å². The van der Waals surface area contributed by atoms with Crippen LogP contribution in [0.3, 0.4) is 0 Å². The summed E-state index contributed by atoms with van der Waals surface area (Å²) < 4.78 is 31.5. The SMILES string of the molecule is CC[C@H]1O[C@@H](c2cnn3c(NC(=O)c4ccccc4)ncnc23)[C@@H](O[Si](C)(C)C(C)(C)C)C1O[P+](=O)[O-]. The smallest absolute Gasteiger partial charge is 0.488 e. The number of hydrogen-bond donors (Lipinski definition) is 1. The van der Waals surface area contributed by atoms with Crippen molar-refractivity contribution in [3.8, 4) is 0 Å². The number of ether oxygens (including phenoxy) is 1. The van der Waals surface area contributed by atoms with Gasteiger partial charge in [-0.1, -0.05) is 45.9 Å². The number of aromatic nitrogens is 4. The van der Waals surface area contributed by atoms with Crippen molar-refractivity contribution in [3.63, 3.8) is 0 Å². The van der Waals surface area contributed by atoms with Crippen molar-refractivity contribution >= 4 is 34.1 Å². The van der Waals surface area contributed by atoms with Crippen molar-refractivity contribution < 1.29 is 27.9 Å². The molecular weight excluding hydrogens is 513 g/mol. The molecule has 3 aromatic rings. The minimum atomic E-state index is -3.13. The van der Waals surface area contributed by atoms with Crippen molar-refractivity contribution in [1.82, 2.24) is 19.6 Å². The van der Waals surface area contributed by atoms with Gasteiger partial charge in [-0.05, 0) is 41.3 Å². The highest BCUT2D eigenvalue weighted by molar-refractivity contribution is 7.30. The molecule has 0 saturated carbocycles. The molecule has 1 aliphatic rings. The van der Waals surface area contributed by atoms with E-state index in [2.05, 4.69) is 54.2 Å². The average molecular weight is 546 g/mol. The highest BCUT2D eigenvalue weighted by Gasteiger charge is 2.53. The Balaban J connectivity index is 1.72. The van der Waals surface area contributed by atoms with Crippen molar-refractivity contribution in [3.05, 3.63) is 54.0 Å². The predicted octanol–water partition coefficient (Wildman–Crippen LogP) is 4.02. The summed E-state index contributed by atoms with van der Waals surface area (Å²) in [4.78, 5) is 32.9. The van der Waals surface area contributed by atoms with E-state index in [0.717, 1.165) is 0 Å². The standard InChI is InChI=1S/C24H32N5O6PSi/c1-7-17-19(34-36(31)32)20(35-37(5,6)24(2,3)4)18(33-17)16-13-27-29-21(16)25-14-26-23(29)28-22(30)15-11-9-8-10-12-15/h8-14,17-20H,7H2,1-6H3,(H,25,26,28,30)/t17-,18+,19?,20-/m1/s1. The molecule has 13 heteroatoms. The molecule has 0 spiro atoms. The second-order valence-corrected chi connectivity index (χ2v) is 15.9. The summed E-state index contributed by atoms with van der Waals surface area (Å²) in [5.74, 6) is -0.153. The van der Waals surface area contributed by atoms with Gasteiger partial charge in [0.2, 0.25) is 5.95 Å². The summed E-state index contributed by atoms with van der Waals surface area (Å²) in [6, 6.07) is 8.77. The third-order valence-electron chi connectivity index (χ3n) is 7.06. The van der Waals surface area contributed by atoms with Crippen LogP contribution in [-0.2, 0) is 18.3 Å². The lowest BCUT2D eigenvalue weighted by Crippen LogP contribution is -2.48. The molecule has 1 amide bonds. The van der Waals surface area contributed by atoms with Crippen LogP contribution in [0.1, 0.15) is 56.1 Å². The van der Waals surface area contributed by atoms with Gasteiger partial charge in [-0.25, -0.2) is 9.97 Å². The highest BCUT2D eigenvalue weighted by Crippen LogP contribution is 2.46. The van der Waals surface area contributed by atoms with Crippen LogP contribution in [0.5, 0.6) is 0 Å². The van der Waals surface area contributed by atoms with Gasteiger partial charge in [-0.2, -0.15) is 9.61 Å². The fraction of sp³-hybridized carbons (Fsp3) is 0.500. The van der Waals surface area contributed by atoms with Crippen LogP contribution >= 0.6 is 8.25 Å². The molecule has 1 saturated heterocycles. The molecule has 2 unspecified atom stereocenters. The monoisotopic (exact) mass is 545 g/mol. The van der Waals surface area contributed by atoms with Crippen LogP contribution in [-0.4, -0.2) is 52.1 Å². The summed E-state index contributed by atoms with van der Waals surface area (Å²) in [7, 11) is -5.50. The highest BCUT2D eigenvalue weighted by atomic mass is 31.1. The Morgan fingerprint density at radius 1 is 1.22 bits per heavy atom. The van der Waals surface area contributed by atoms with Crippen LogP contribution < -0.4 is 10.2 Å². The van der Waals surface area contributed by atoms with E-state index in [-0.39, 0.29) is 16.9 Å². The molecule has 2 aromatic heterocycles. The van der Waals surface area contributed by atoms with Crippen molar-refractivity contribution in [2.75, 3.05) is 5.32 Å². The Morgan fingerprint density at radius 2 is 1.92 bits per heavy atom. The topological polar surface area (TPSA) is 140 Å². The maximum absolute atomic E-state index is 12.7. The van der Waals surface area contributed by atoms with Gasteiger partial charge < -0.3 is 14.1 Å². The number of nitrogens with zero attached hydrogens (tertiary/aromatic N) is 4. The van der Waals surface area contributed by atoms with Crippen LogP contribution in [0.25, 0.3) is 5.65 Å². The summed E-state index contributed by atoms with van der Waals surface area (Å²) in [6.07, 6.45) is 0.712. The second kappa shape index (κ2) is 10.6. The van der Waals surface area contributed by atoms with Gasteiger partial charge in [0.1, 0.15) is 18.5 Å². The van der Waals surface area contributed by atoms with Gasteiger partial charge in [0, 0.05) is 11.1 Å². The summed E-state index contributed by atoms with van der Waals surface area (Å²) in [5, 5.41) is 7.05. The molecule has 0 aliphatic carbocycles. The lowest BCUT2D eigenvalue weighted by Gasteiger charge is -2.40. The molecule has 1 fully saturated rings. The Morgan fingerprint density at radius 3 is 2.54 bits per heavy atom. The number of rotatable bonds is 8. The Kier molecular flexibility index (Phi) is 7.89. The van der Waals surface area contributed by atoms with Gasteiger partial charge in [0.05, 0.1) is 12.3 Å². The van der Waals surface area contributed by atoms with Crippen LogP contribution in [0, 0.1) is 0 Å². The molecule has 1 N–H and O–H groups in total. The number of carbonyl (C=O) groups is 1. The van der Waals surface area contributed by atoms with Crippen molar-refractivity contribution in [1.29, 1.82) is 0 Å². The zero-order valence-corrected chi connectivity index (χ0v) is 23.6. The first-order chi connectivity index (χ1) is 17.4. The number of anilines is 1. The Hall–Kier alpha value is -2.60. The maximum Gasteiger partial charge on any atom is 0.488 e. The van der Waals surface area contributed by atoms with Crippen molar-refractivity contribution in [2.24, 2.45) is 0 Å². The van der Waals surface area contributed by atoms with Gasteiger partial charge >= 0.3 is 8.25 Å². The van der Waals surface area contributed by atoms with Gasteiger partial charge in [0.25, 0.3) is 5.91 Å². The molecule has 37 heavy (non-hydrogen) atoms. The minimum Gasteiger partial charge on any atom is -0.566 e. The largest absolute Gasteiger partial charge is 0.566 e. The number of carbonyl (C=O) groups excluding carboxylic acids is 1. The fourth-order valence-electron chi connectivity index (χ4n) is 4.06. The number of amides is 1. The third kappa shape index (κ3) is 5.64. The molecule has 1 aliphatic heterocycles. The van der Waals surface area contributed by atoms with E-state index in [1.165, 1.54) is 10.8 Å². The molecule has 4 rings (SSSR count). The summed E-state index contributed by atoms with van der Waals surface area (Å²) >= 11 is 0. The molecule has 198 valence electrons. The number of hydrogen-bond acceptors (Lipinski definition) is 9. The molecular formula is C24H32N5O6PSi. The van der Waals surface area contributed by atoms with E-state index in [4.69, 9.17) is 13.7 Å². The Bertz CT molecular complexity index is 1280. The average Bonchev–Trinajstić information content (AvgIpc) is 3.40. The predicted molar refractivity (Wildman–Crippen MR) is 138 cm³/mol. The van der Waals surface area contributed by atoms with E-state index >= 15 is 0 Å². The number of nitrogens with one attached hydrogen (secondary N) is 1. The molecule has 5 atom stereocenters. The summed E-state index contributed by atoms with van der Waals surface area (Å²) in [6.45, 7) is 12.4. The zero-order valence-electron chi connectivity index (χ0n) is 21.7. The first-order valence-corrected chi connectivity index (χ1v) is 16.1. The minimum absolute atomic E-state index is 0.135. The van der Waals surface area contributed by atoms with Crippen LogP contribution in [0.2, 0.25) is 18.1 Å². The maximum atomic E-state index is 12.7. The first-order valence-electron chi connectivity index (χ1n) is 12.1. The van der Waals surface area contributed by atoms with E-state index in [0.29, 0.717) is 23.2 Å². The third-order valence-corrected chi connectivity index (χ3v) is 11.9. The Labute approximate surface area is 217 Å². The summed E-state index contributed by atoms with van der Waals surface area (Å²) in [5.41, 5.74) is 1.47. The van der Waals surface area contributed by atoms with E-state index in [1.54, 1.807) is 30.5 Å². The van der Waals surface area contributed by atoms with E-state index < -0.39 is 41.0 Å². The normalized spacial score (nSPS) is 22.8. The molecule has 0 radical (unpaired) electrons. The molecule has 11 nitrogen and oxygen atoms in total. The lowest BCUT2D eigenvalue weighted by atomic mass is 10.0.